The smallest absolute Gasteiger partial charge is 0.0589 e. The normalized spacial score (nSPS) is 27.4. The summed E-state index contributed by atoms with van der Waals surface area (Å²) in [6.45, 7) is 4.19. The molecule has 0 aliphatic heterocycles. The Morgan fingerprint density at radius 1 is 1.43 bits per heavy atom. The summed E-state index contributed by atoms with van der Waals surface area (Å²) >= 11 is 2.13. The Bertz CT molecular complexity index is 154. The van der Waals surface area contributed by atoms with Crippen LogP contribution >= 0.6 is 11.8 Å². The van der Waals surface area contributed by atoms with Crippen molar-refractivity contribution in [2.75, 3.05) is 33.1 Å². The molecule has 0 N–H and O–H groups in total. The third kappa shape index (κ3) is 3.79. The second kappa shape index (κ2) is 6.70. The van der Waals surface area contributed by atoms with E-state index in [2.05, 4.69) is 30.6 Å². The molecule has 0 unspecified atom stereocenters. The number of hydrogen-bond donors (Lipinski definition) is 0. The standard InChI is InChI=1S/C11H23NOS/c1-4-14-11-6-5-10(9-11)12(2)7-8-13-3/h10-11H,4-9H2,1-3H3/t10-,11+/m0/s1. The molecule has 14 heavy (non-hydrogen) atoms. The van der Waals surface area contributed by atoms with E-state index >= 15 is 0 Å². The van der Waals surface area contributed by atoms with Gasteiger partial charge in [0.1, 0.15) is 0 Å². The van der Waals surface area contributed by atoms with Crippen LogP contribution in [0.3, 0.4) is 0 Å². The topological polar surface area (TPSA) is 12.5 Å². The van der Waals surface area contributed by atoms with Gasteiger partial charge in [0.2, 0.25) is 0 Å². The highest BCUT2D eigenvalue weighted by Crippen LogP contribution is 2.31. The Balaban J connectivity index is 2.19. The van der Waals surface area contributed by atoms with Crippen molar-refractivity contribution in [3.63, 3.8) is 0 Å². The van der Waals surface area contributed by atoms with Crippen molar-refractivity contribution in [2.45, 2.75) is 37.5 Å². The Morgan fingerprint density at radius 3 is 2.86 bits per heavy atom. The minimum Gasteiger partial charge on any atom is -0.383 e. The van der Waals surface area contributed by atoms with Gasteiger partial charge in [-0.3, -0.25) is 0 Å². The third-order valence-corrected chi connectivity index (χ3v) is 4.26. The molecule has 0 radical (unpaired) electrons. The van der Waals surface area contributed by atoms with Gasteiger partial charge in [0, 0.05) is 24.9 Å². The van der Waals surface area contributed by atoms with Crippen LogP contribution in [0, 0.1) is 0 Å². The van der Waals surface area contributed by atoms with E-state index in [1.54, 1.807) is 7.11 Å². The molecule has 1 saturated carbocycles. The zero-order valence-corrected chi connectivity index (χ0v) is 10.5. The average Bonchev–Trinajstić information content (AvgIpc) is 2.63. The van der Waals surface area contributed by atoms with Crippen molar-refractivity contribution in [3.05, 3.63) is 0 Å². The zero-order valence-electron chi connectivity index (χ0n) is 9.66. The van der Waals surface area contributed by atoms with Gasteiger partial charge in [0.05, 0.1) is 6.61 Å². The summed E-state index contributed by atoms with van der Waals surface area (Å²) in [5.41, 5.74) is 0. The van der Waals surface area contributed by atoms with E-state index in [0.717, 1.165) is 24.4 Å². The first kappa shape index (κ1) is 12.3. The molecule has 0 aromatic carbocycles. The van der Waals surface area contributed by atoms with Crippen LogP contribution in [0.5, 0.6) is 0 Å². The number of rotatable bonds is 6. The number of methoxy groups -OCH3 is 1. The molecule has 1 aliphatic rings. The lowest BCUT2D eigenvalue weighted by Crippen LogP contribution is -2.32. The highest BCUT2D eigenvalue weighted by atomic mass is 32.2. The van der Waals surface area contributed by atoms with Crippen molar-refractivity contribution in [3.8, 4) is 0 Å². The van der Waals surface area contributed by atoms with Crippen LogP contribution in [-0.2, 0) is 4.74 Å². The van der Waals surface area contributed by atoms with Crippen LogP contribution in [0.15, 0.2) is 0 Å². The third-order valence-electron chi connectivity index (χ3n) is 3.03. The van der Waals surface area contributed by atoms with Gasteiger partial charge in [-0.15, -0.1) is 0 Å². The van der Waals surface area contributed by atoms with E-state index in [1.807, 2.05) is 0 Å². The minimum atomic E-state index is 0.800. The molecule has 0 heterocycles. The number of likely N-dealkylation sites (N-methyl/N-ethyl adjacent to an activating group) is 1. The molecule has 1 rings (SSSR count). The van der Waals surface area contributed by atoms with Gasteiger partial charge in [-0.1, -0.05) is 6.92 Å². The first-order valence-electron chi connectivity index (χ1n) is 5.58. The van der Waals surface area contributed by atoms with E-state index in [1.165, 1.54) is 25.0 Å². The van der Waals surface area contributed by atoms with Crippen molar-refractivity contribution < 1.29 is 4.74 Å². The molecule has 0 spiro atoms. The fourth-order valence-corrected chi connectivity index (χ4v) is 3.26. The van der Waals surface area contributed by atoms with Crippen LogP contribution in [0.4, 0.5) is 0 Å². The summed E-state index contributed by atoms with van der Waals surface area (Å²) in [4.78, 5) is 2.46. The maximum absolute atomic E-state index is 5.10. The van der Waals surface area contributed by atoms with Gasteiger partial charge < -0.3 is 9.64 Å². The predicted molar refractivity (Wildman–Crippen MR) is 64.1 cm³/mol. The van der Waals surface area contributed by atoms with Gasteiger partial charge in [-0.25, -0.2) is 0 Å². The van der Waals surface area contributed by atoms with Gasteiger partial charge in [0.15, 0.2) is 0 Å². The summed E-state index contributed by atoms with van der Waals surface area (Å²) in [6, 6.07) is 0.800. The Kier molecular flexibility index (Phi) is 5.90. The number of nitrogens with zero attached hydrogens (tertiary/aromatic N) is 1. The summed E-state index contributed by atoms with van der Waals surface area (Å²) in [5.74, 6) is 1.26. The van der Waals surface area contributed by atoms with Crippen LogP contribution in [0.2, 0.25) is 0 Å². The molecular weight excluding hydrogens is 194 g/mol. The van der Waals surface area contributed by atoms with E-state index in [9.17, 15) is 0 Å². The molecule has 0 aromatic rings. The van der Waals surface area contributed by atoms with Crippen molar-refractivity contribution in [1.29, 1.82) is 0 Å². The molecule has 0 saturated heterocycles. The number of ether oxygens (including phenoxy) is 1. The maximum atomic E-state index is 5.10. The number of thioether (sulfide) groups is 1. The monoisotopic (exact) mass is 217 g/mol. The Morgan fingerprint density at radius 2 is 2.21 bits per heavy atom. The lowest BCUT2D eigenvalue weighted by molar-refractivity contribution is 0.140. The molecule has 3 heteroatoms. The molecule has 84 valence electrons. The molecule has 2 nitrogen and oxygen atoms in total. The highest BCUT2D eigenvalue weighted by Gasteiger charge is 2.26. The van der Waals surface area contributed by atoms with Gasteiger partial charge in [0.25, 0.3) is 0 Å². The predicted octanol–water partition coefficient (Wildman–Crippen LogP) is 2.24. The SMILES string of the molecule is CCS[C@@H]1CC[C@H](N(C)CCOC)C1. The highest BCUT2D eigenvalue weighted by molar-refractivity contribution is 7.99. The van der Waals surface area contributed by atoms with Gasteiger partial charge in [-0.2, -0.15) is 11.8 Å². The van der Waals surface area contributed by atoms with Crippen LogP contribution in [0.1, 0.15) is 26.2 Å². The van der Waals surface area contributed by atoms with Gasteiger partial charge in [-0.05, 0) is 32.1 Å². The summed E-state index contributed by atoms with van der Waals surface area (Å²) in [7, 11) is 4.00. The molecular formula is C11H23NOS. The van der Waals surface area contributed by atoms with Crippen molar-refractivity contribution in [2.24, 2.45) is 0 Å². The molecule has 0 aromatic heterocycles. The van der Waals surface area contributed by atoms with Crippen LogP contribution in [0.25, 0.3) is 0 Å². The Labute approximate surface area is 92.4 Å². The fourth-order valence-electron chi connectivity index (χ4n) is 2.12. The average molecular weight is 217 g/mol. The lowest BCUT2D eigenvalue weighted by Gasteiger charge is -2.23. The maximum Gasteiger partial charge on any atom is 0.0589 e. The zero-order chi connectivity index (χ0) is 10.4. The molecule has 0 amide bonds. The lowest BCUT2D eigenvalue weighted by atomic mass is 10.2. The minimum absolute atomic E-state index is 0.800. The van der Waals surface area contributed by atoms with Crippen LogP contribution < -0.4 is 0 Å². The van der Waals surface area contributed by atoms with Crippen molar-refractivity contribution >= 4 is 11.8 Å². The van der Waals surface area contributed by atoms with E-state index < -0.39 is 0 Å². The van der Waals surface area contributed by atoms with E-state index in [4.69, 9.17) is 4.74 Å². The van der Waals surface area contributed by atoms with Crippen LogP contribution in [-0.4, -0.2) is 49.3 Å². The molecule has 0 bridgehead atoms. The molecule has 2 atom stereocenters. The largest absolute Gasteiger partial charge is 0.383 e. The summed E-state index contributed by atoms with van der Waals surface area (Å²) in [6.07, 6.45) is 4.15. The second-order valence-electron chi connectivity index (χ2n) is 4.02. The summed E-state index contributed by atoms with van der Waals surface area (Å²) in [5, 5.41) is 0.912. The first-order chi connectivity index (χ1) is 6.77. The molecule has 1 fully saturated rings. The fraction of sp³-hybridized carbons (Fsp3) is 1.00. The van der Waals surface area contributed by atoms with E-state index in [-0.39, 0.29) is 0 Å². The second-order valence-corrected chi connectivity index (χ2v) is 5.59. The summed E-state index contributed by atoms with van der Waals surface area (Å²) < 4.78 is 5.10. The quantitative estimate of drug-likeness (QED) is 0.677. The van der Waals surface area contributed by atoms with E-state index in [0.29, 0.717) is 0 Å². The first-order valence-corrected chi connectivity index (χ1v) is 6.63. The Hall–Kier alpha value is 0.270. The van der Waals surface area contributed by atoms with Crippen molar-refractivity contribution in [1.82, 2.24) is 4.90 Å². The number of hydrogen-bond acceptors (Lipinski definition) is 3. The molecule has 1 aliphatic carbocycles. The van der Waals surface area contributed by atoms with Gasteiger partial charge >= 0.3 is 0 Å².